The van der Waals surface area contributed by atoms with Crippen LogP contribution in [0.2, 0.25) is 0 Å². The monoisotopic (exact) mass is 346 g/mol. The average molecular weight is 346 g/mol. The number of carbonyl (C=O) groups is 1. The number of amides is 1. The number of aromatic nitrogens is 2. The van der Waals surface area contributed by atoms with Gasteiger partial charge in [-0.1, -0.05) is 5.16 Å². The van der Waals surface area contributed by atoms with Gasteiger partial charge in [0.2, 0.25) is 11.8 Å². The summed E-state index contributed by atoms with van der Waals surface area (Å²) in [5.74, 6) is 2.13. The fraction of sp³-hybridized carbons (Fsp3) is 0.765. The predicted octanol–water partition coefficient (Wildman–Crippen LogP) is 0.827. The van der Waals surface area contributed by atoms with Crippen LogP contribution in [0.4, 0.5) is 0 Å². The van der Waals surface area contributed by atoms with Gasteiger partial charge < -0.3 is 9.42 Å². The normalized spacial score (nSPS) is 19.4. The summed E-state index contributed by atoms with van der Waals surface area (Å²) in [5, 5.41) is 12.7. The van der Waals surface area contributed by atoms with E-state index >= 15 is 0 Å². The quantitative estimate of drug-likeness (QED) is 0.722. The van der Waals surface area contributed by atoms with Crippen molar-refractivity contribution in [2.45, 2.75) is 38.1 Å². The summed E-state index contributed by atoms with van der Waals surface area (Å²) in [6.45, 7) is 5.25. The molecule has 0 bridgehead atoms. The molecule has 8 nitrogen and oxygen atoms in total. The predicted molar refractivity (Wildman–Crippen MR) is 90.5 cm³/mol. The highest BCUT2D eigenvalue weighted by atomic mass is 16.5. The minimum atomic E-state index is 0.0796. The Morgan fingerprint density at radius 3 is 2.84 bits per heavy atom. The summed E-state index contributed by atoms with van der Waals surface area (Å²) in [6.07, 6.45) is 3.72. The lowest BCUT2D eigenvalue weighted by Gasteiger charge is -2.23. The van der Waals surface area contributed by atoms with Gasteiger partial charge in [-0.3, -0.25) is 14.6 Å². The van der Waals surface area contributed by atoms with Crippen molar-refractivity contribution in [1.82, 2.24) is 24.8 Å². The molecule has 1 saturated carbocycles. The number of likely N-dealkylation sites (N-methyl/N-ethyl adjacent to an activating group) is 1. The molecule has 0 unspecified atom stereocenters. The fourth-order valence-electron chi connectivity index (χ4n) is 3.02. The lowest BCUT2D eigenvalue weighted by Crippen LogP contribution is -2.40. The number of hydrogen-bond acceptors (Lipinski definition) is 7. The van der Waals surface area contributed by atoms with Crippen LogP contribution < -0.4 is 0 Å². The van der Waals surface area contributed by atoms with E-state index < -0.39 is 0 Å². The molecule has 3 rings (SSSR count). The second kappa shape index (κ2) is 8.41. The van der Waals surface area contributed by atoms with E-state index in [0.29, 0.717) is 32.0 Å². The van der Waals surface area contributed by atoms with E-state index in [-0.39, 0.29) is 5.91 Å². The minimum Gasteiger partial charge on any atom is -0.344 e. The maximum Gasteiger partial charge on any atom is 0.236 e. The summed E-state index contributed by atoms with van der Waals surface area (Å²) in [4.78, 5) is 22.9. The molecule has 0 aromatic carbocycles. The molecule has 1 amide bonds. The SMILES string of the molecule is CN(CCC#N)C(=O)CN1CCCN(Cc2noc(C3CC3)n2)CC1. The molecule has 0 radical (unpaired) electrons. The molecule has 0 spiro atoms. The van der Waals surface area contributed by atoms with Gasteiger partial charge in [0.05, 0.1) is 25.6 Å². The van der Waals surface area contributed by atoms with E-state index in [4.69, 9.17) is 9.78 Å². The summed E-state index contributed by atoms with van der Waals surface area (Å²) in [6, 6.07) is 2.07. The molecule has 136 valence electrons. The van der Waals surface area contributed by atoms with Gasteiger partial charge in [0, 0.05) is 32.6 Å². The van der Waals surface area contributed by atoms with Crippen LogP contribution in [-0.4, -0.2) is 77.1 Å². The van der Waals surface area contributed by atoms with Crippen LogP contribution in [0.1, 0.15) is 43.3 Å². The lowest BCUT2D eigenvalue weighted by molar-refractivity contribution is -0.131. The van der Waals surface area contributed by atoms with Crippen LogP contribution in [0.3, 0.4) is 0 Å². The van der Waals surface area contributed by atoms with Crippen molar-refractivity contribution in [3.05, 3.63) is 11.7 Å². The molecular formula is C17H26N6O2. The van der Waals surface area contributed by atoms with Crippen molar-refractivity contribution in [3.8, 4) is 6.07 Å². The van der Waals surface area contributed by atoms with Crippen molar-refractivity contribution >= 4 is 5.91 Å². The Kier molecular flexibility index (Phi) is 6.00. The highest BCUT2D eigenvalue weighted by Gasteiger charge is 2.30. The summed E-state index contributed by atoms with van der Waals surface area (Å²) >= 11 is 0. The van der Waals surface area contributed by atoms with Gasteiger partial charge in [0.15, 0.2) is 5.82 Å². The van der Waals surface area contributed by atoms with Crippen molar-refractivity contribution in [2.75, 3.05) is 46.3 Å². The number of nitriles is 1. The van der Waals surface area contributed by atoms with Crippen molar-refractivity contribution < 1.29 is 9.32 Å². The number of rotatable bonds is 7. The molecule has 1 aromatic heterocycles. The molecule has 0 N–H and O–H groups in total. The standard InChI is InChI=1S/C17H26N6O2/c1-21(7-2-6-18)16(24)13-23-9-3-8-22(10-11-23)12-15-19-17(25-20-15)14-4-5-14/h14H,2-5,7-13H2,1H3. The Morgan fingerprint density at radius 1 is 1.32 bits per heavy atom. The van der Waals surface area contributed by atoms with Gasteiger partial charge in [-0.05, 0) is 32.4 Å². The summed E-state index contributed by atoms with van der Waals surface area (Å²) < 4.78 is 5.32. The maximum atomic E-state index is 12.2. The van der Waals surface area contributed by atoms with Crippen molar-refractivity contribution in [1.29, 1.82) is 5.26 Å². The van der Waals surface area contributed by atoms with E-state index in [2.05, 4.69) is 26.0 Å². The van der Waals surface area contributed by atoms with Gasteiger partial charge in [-0.2, -0.15) is 10.2 Å². The van der Waals surface area contributed by atoms with E-state index in [1.54, 1.807) is 11.9 Å². The lowest BCUT2D eigenvalue weighted by atomic mass is 10.3. The zero-order valence-corrected chi connectivity index (χ0v) is 14.9. The third-order valence-corrected chi connectivity index (χ3v) is 4.80. The zero-order chi connectivity index (χ0) is 17.6. The maximum absolute atomic E-state index is 12.2. The first kappa shape index (κ1) is 17.8. The Hall–Kier alpha value is -1.98. The van der Waals surface area contributed by atoms with E-state index in [0.717, 1.165) is 57.2 Å². The molecule has 25 heavy (non-hydrogen) atoms. The van der Waals surface area contributed by atoms with Gasteiger partial charge >= 0.3 is 0 Å². The Labute approximate surface area is 148 Å². The molecule has 1 aromatic rings. The van der Waals surface area contributed by atoms with Crippen LogP contribution >= 0.6 is 0 Å². The number of nitrogens with zero attached hydrogens (tertiary/aromatic N) is 6. The molecule has 1 aliphatic heterocycles. The van der Waals surface area contributed by atoms with Crippen LogP contribution in [0.25, 0.3) is 0 Å². The van der Waals surface area contributed by atoms with E-state index in [9.17, 15) is 4.79 Å². The highest BCUT2D eigenvalue weighted by Crippen LogP contribution is 2.38. The van der Waals surface area contributed by atoms with Gasteiger partial charge in [-0.25, -0.2) is 0 Å². The molecule has 2 heterocycles. The second-order valence-corrected chi connectivity index (χ2v) is 6.95. The first-order chi connectivity index (χ1) is 12.2. The third kappa shape index (κ3) is 5.25. The van der Waals surface area contributed by atoms with Crippen molar-refractivity contribution in [3.63, 3.8) is 0 Å². The molecule has 2 aliphatic rings. The Bertz CT molecular complexity index is 621. The Balaban J connectivity index is 1.43. The smallest absolute Gasteiger partial charge is 0.236 e. The number of carbonyl (C=O) groups excluding carboxylic acids is 1. The first-order valence-corrected chi connectivity index (χ1v) is 9.04. The molecule has 1 aliphatic carbocycles. The summed E-state index contributed by atoms with van der Waals surface area (Å²) in [5.41, 5.74) is 0. The van der Waals surface area contributed by atoms with Gasteiger partial charge in [0.1, 0.15) is 0 Å². The average Bonchev–Trinajstić information content (AvgIpc) is 3.39. The van der Waals surface area contributed by atoms with Crippen LogP contribution in [-0.2, 0) is 11.3 Å². The highest BCUT2D eigenvalue weighted by molar-refractivity contribution is 5.78. The van der Waals surface area contributed by atoms with Crippen molar-refractivity contribution in [2.24, 2.45) is 0 Å². The topological polar surface area (TPSA) is 89.5 Å². The van der Waals surface area contributed by atoms with Crippen LogP contribution in [0.5, 0.6) is 0 Å². The van der Waals surface area contributed by atoms with E-state index in [1.807, 2.05) is 0 Å². The summed E-state index contributed by atoms with van der Waals surface area (Å²) in [7, 11) is 1.76. The second-order valence-electron chi connectivity index (χ2n) is 6.95. The first-order valence-electron chi connectivity index (χ1n) is 9.04. The number of hydrogen-bond donors (Lipinski definition) is 0. The molecule has 8 heteroatoms. The Morgan fingerprint density at radius 2 is 2.08 bits per heavy atom. The van der Waals surface area contributed by atoms with E-state index in [1.165, 1.54) is 0 Å². The van der Waals surface area contributed by atoms with Crippen LogP contribution in [0.15, 0.2) is 4.52 Å². The molecule has 1 saturated heterocycles. The zero-order valence-electron chi connectivity index (χ0n) is 14.9. The van der Waals surface area contributed by atoms with Crippen LogP contribution in [0, 0.1) is 11.3 Å². The molecule has 2 fully saturated rings. The minimum absolute atomic E-state index is 0.0796. The molecular weight excluding hydrogens is 320 g/mol. The van der Waals surface area contributed by atoms with Gasteiger partial charge in [-0.15, -0.1) is 0 Å². The fourth-order valence-corrected chi connectivity index (χ4v) is 3.02. The van der Waals surface area contributed by atoms with Gasteiger partial charge in [0.25, 0.3) is 0 Å². The molecule has 0 atom stereocenters. The largest absolute Gasteiger partial charge is 0.344 e. The third-order valence-electron chi connectivity index (χ3n) is 4.80.